The Hall–Kier alpha value is -1.08. The number of nitrogens with zero attached hydrogens (tertiary/aromatic N) is 2. The summed E-state index contributed by atoms with van der Waals surface area (Å²) in [5.41, 5.74) is 5.60. The molecule has 0 spiro atoms. The summed E-state index contributed by atoms with van der Waals surface area (Å²) in [6, 6.07) is 1.92. The van der Waals surface area contributed by atoms with E-state index in [1.165, 1.54) is 6.92 Å². The zero-order chi connectivity index (χ0) is 8.43. The first-order valence-electron chi connectivity index (χ1n) is 3.56. The third-order valence-corrected chi connectivity index (χ3v) is 1.98. The molecule has 1 aliphatic rings. The molecule has 4 nitrogen and oxygen atoms in total. The molecule has 0 unspecified atom stereocenters. The fraction of sp³-hybridized carbons (Fsp3) is 0.714. The van der Waals surface area contributed by atoms with Gasteiger partial charge in [-0.2, -0.15) is 5.26 Å². The summed E-state index contributed by atoms with van der Waals surface area (Å²) in [5, 5.41) is 8.57. The van der Waals surface area contributed by atoms with Crippen LogP contribution in [0.3, 0.4) is 0 Å². The minimum absolute atomic E-state index is 0.00167. The molecular weight excluding hydrogens is 142 g/mol. The maximum absolute atomic E-state index is 10.8. The molecule has 0 aromatic heterocycles. The Kier molecular flexibility index (Phi) is 2.11. The van der Waals surface area contributed by atoms with Crippen LogP contribution in [0.2, 0.25) is 0 Å². The highest BCUT2D eigenvalue weighted by Crippen LogP contribution is 2.13. The molecule has 4 heteroatoms. The molecule has 1 fully saturated rings. The molecule has 0 aromatic carbocycles. The molecule has 1 rings (SSSR count). The summed E-state index contributed by atoms with van der Waals surface area (Å²) in [5.74, 6) is -0.183. The van der Waals surface area contributed by atoms with Gasteiger partial charge < -0.3 is 10.6 Å². The molecule has 0 aromatic rings. The normalized spacial score (nSPS) is 30.1. The van der Waals surface area contributed by atoms with E-state index in [-0.39, 0.29) is 17.9 Å². The zero-order valence-corrected chi connectivity index (χ0v) is 6.45. The van der Waals surface area contributed by atoms with Gasteiger partial charge in [-0.3, -0.25) is 4.79 Å². The Labute approximate surface area is 65.6 Å². The Morgan fingerprint density at radius 2 is 2.36 bits per heavy atom. The minimum atomic E-state index is -0.182. The third-order valence-electron chi connectivity index (χ3n) is 1.98. The summed E-state index contributed by atoms with van der Waals surface area (Å²) >= 11 is 0. The quantitative estimate of drug-likeness (QED) is 0.501. The average Bonchev–Trinajstić information content (AvgIpc) is 2.31. The first-order valence-corrected chi connectivity index (χ1v) is 3.56. The SMILES string of the molecule is CC(=O)N1C[C@@H](C#N)[C@@H](N)C1. The van der Waals surface area contributed by atoms with E-state index in [1.54, 1.807) is 4.90 Å². The number of hydrogen-bond donors (Lipinski definition) is 1. The fourth-order valence-corrected chi connectivity index (χ4v) is 1.22. The summed E-state index contributed by atoms with van der Waals surface area (Å²) < 4.78 is 0. The van der Waals surface area contributed by atoms with E-state index in [9.17, 15) is 4.79 Å². The van der Waals surface area contributed by atoms with Crippen LogP contribution in [0.4, 0.5) is 0 Å². The molecule has 0 radical (unpaired) electrons. The fourth-order valence-electron chi connectivity index (χ4n) is 1.22. The van der Waals surface area contributed by atoms with Crippen molar-refractivity contribution in [2.75, 3.05) is 13.1 Å². The van der Waals surface area contributed by atoms with Gasteiger partial charge in [0.15, 0.2) is 0 Å². The van der Waals surface area contributed by atoms with Crippen molar-refractivity contribution in [1.29, 1.82) is 5.26 Å². The van der Waals surface area contributed by atoms with Gasteiger partial charge in [0.05, 0.1) is 12.0 Å². The minimum Gasteiger partial charge on any atom is -0.340 e. The van der Waals surface area contributed by atoms with Crippen molar-refractivity contribution in [3.05, 3.63) is 0 Å². The van der Waals surface area contributed by atoms with Gasteiger partial charge in [0, 0.05) is 26.1 Å². The molecular formula is C7H11N3O. The highest BCUT2D eigenvalue weighted by atomic mass is 16.2. The van der Waals surface area contributed by atoms with E-state index >= 15 is 0 Å². The number of nitrogens with two attached hydrogens (primary N) is 1. The largest absolute Gasteiger partial charge is 0.340 e. The first kappa shape index (κ1) is 8.02. The van der Waals surface area contributed by atoms with Crippen molar-refractivity contribution >= 4 is 5.91 Å². The first-order chi connectivity index (χ1) is 5.15. The molecule has 11 heavy (non-hydrogen) atoms. The van der Waals surface area contributed by atoms with Gasteiger partial charge in [-0.1, -0.05) is 0 Å². The van der Waals surface area contributed by atoms with Crippen LogP contribution >= 0.6 is 0 Å². The maximum atomic E-state index is 10.8. The average molecular weight is 153 g/mol. The number of carbonyl (C=O) groups excluding carboxylic acids is 1. The molecule has 60 valence electrons. The van der Waals surface area contributed by atoms with E-state index in [0.717, 1.165) is 0 Å². The summed E-state index contributed by atoms with van der Waals surface area (Å²) in [7, 11) is 0. The summed E-state index contributed by atoms with van der Waals surface area (Å²) in [6.45, 7) is 2.51. The van der Waals surface area contributed by atoms with Crippen molar-refractivity contribution < 1.29 is 4.79 Å². The maximum Gasteiger partial charge on any atom is 0.219 e. The van der Waals surface area contributed by atoms with Gasteiger partial charge in [-0.05, 0) is 0 Å². The summed E-state index contributed by atoms with van der Waals surface area (Å²) in [6.07, 6.45) is 0. The Balaban J connectivity index is 2.58. The van der Waals surface area contributed by atoms with Crippen molar-refractivity contribution in [3.63, 3.8) is 0 Å². The second kappa shape index (κ2) is 2.89. The van der Waals surface area contributed by atoms with Crippen LogP contribution in [-0.4, -0.2) is 29.9 Å². The van der Waals surface area contributed by atoms with Crippen molar-refractivity contribution in [3.8, 4) is 6.07 Å². The molecule has 2 N–H and O–H groups in total. The molecule has 0 saturated carbocycles. The highest BCUT2D eigenvalue weighted by molar-refractivity contribution is 5.73. The predicted octanol–water partition coefficient (Wildman–Crippen LogP) is -0.684. The molecule has 1 heterocycles. The predicted molar refractivity (Wildman–Crippen MR) is 39.3 cm³/mol. The van der Waals surface area contributed by atoms with Gasteiger partial charge in [-0.15, -0.1) is 0 Å². The van der Waals surface area contributed by atoms with Crippen molar-refractivity contribution in [2.24, 2.45) is 11.7 Å². The second-order valence-corrected chi connectivity index (χ2v) is 2.82. The van der Waals surface area contributed by atoms with Crippen molar-refractivity contribution in [2.45, 2.75) is 13.0 Å². The van der Waals surface area contributed by atoms with E-state index in [4.69, 9.17) is 11.0 Å². The number of amides is 1. The Bertz CT molecular complexity index is 208. The van der Waals surface area contributed by atoms with E-state index in [0.29, 0.717) is 13.1 Å². The lowest BCUT2D eigenvalue weighted by Crippen LogP contribution is -2.30. The molecule has 0 bridgehead atoms. The topological polar surface area (TPSA) is 70.1 Å². The lowest BCUT2D eigenvalue weighted by atomic mass is 10.1. The number of nitriles is 1. The van der Waals surface area contributed by atoms with E-state index in [2.05, 4.69) is 6.07 Å². The van der Waals surface area contributed by atoms with E-state index in [1.807, 2.05) is 0 Å². The van der Waals surface area contributed by atoms with Gasteiger partial charge in [0.25, 0.3) is 0 Å². The zero-order valence-electron chi connectivity index (χ0n) is 6.45. The van der Waals surface area contributed by atoms with Crippen LogP contribution < -0.4 is 5.73 Å². The molecule has 1 saturated heterocycles. The van der Waals surface area contributed by atoms with Crippen LogP contribution in [0.1, 0.15) is 6.92 Å². The molecule has 2 atom stereocenters. The molecule has 0 aliphatic carbocycles. The third kappa shape index (κ3) is 1.49. The van der Waals surface area contributed by atoms with Gasteiger partial charge in [0.2, 0.25) is 5.91 Å². The van der Waals surface area contributed by atoms with Crippen molar-refractivity contribution in [1.82, 2.24) is 4.90 Å². The lowest BCUT2D eigenvalue weighted by molar-refractivity contribution is -0.127. The number of carbonyl (C=O) groups is 1. The van der Waals surface area contributed by atoms with Gasteiger partial charge in [0.1, 0.15) is 0 Å². The van der Waals surface area contributed by atoms with E-state index < -0.39 is 0 Å². The highest BCUT2D eigenvalue weighted by Gasteiger charge is 2.31. The summed E-state index contributed by atoms with van der Waals surface area (Å²) in [4.78, 5) is 12.4. The van der Waals surface area contributed by atoms with Crippen LogP contribution in [0.25, 0.3) is 0 Å². The second-order valence-electron chi connectivity index (χ2n) is 2.82. The van der Waals surface area contributed by atoms with Crippen LogP contribution in [0, 0.1) is 17.2 Å². The van der Waals surface area contributed by atoms with Crippen LogP contribution in [0.5, 0.6) is 0 Å². The molecule has 1 amide bonds. The van der Waals surface area contributed by atoms with Crippen LogP contribution in [-0.2, 0) is 4.79 Å². The number of likely N-dealkylation sites (tertiary alicyclic amines) is 1. The van der Waals surface area contributed by atoms with Gasteiger partial charge >= 0.3 is 0 Å². The number of rotatable bonds is 0. The van der Waals surface area contributed by atoms with Gasteiger partial charge in [-0.25, -0.2) is 0 Å². The Morgan fingerprint density at radius 3 is 2.64 bits per heavy atom. The Morgan fingerprint density at radius 1 is 1.73 bits per heavy atom. The smallest absolute Gasteiger partial charge is 0.219 e. The standard InChI is InChI=1S/C7H11N3O/c1-5(11)10-3-6(2-8)7(9)4-10/h6-7H,3-4,9H2,1H3/t6-,7+/m1/s1. The lowest BCUT2D eigenvalue weighted by Gasteiger charge is -2.11. The monoisotopic (exact) mass is 153 g/mol. The van der Waals surface area contributed by atoms with Crippen LogP contribution in [0.15, 0.2) is 0 Å². The molecule has 1 aliphatic heterocycles. The number of hydrogen-bond acceptors (Lipinski definition) is 3.